The van der Waals surface area contributed by atoms with Crippen molar-refractivity contribution in [1.29, 1.82) is 0 Å². The van der Waals surface area contributed by atoms with E-state index in [0.717, 1.165) is 15.6 Å². The molecular formula is C21H20N4O7S2. The predicted molar refractivity (Wildman–Crippen MR) is 121 cm³/mol. The zero-order chi connectivity index (χ0) is 24.5. The highest BCUT2D eigenvalue weighted by molar-refractivity contribution is 7.89. The van der Waals surface area contributed by atoms with Crippen molar-refractivity contribution in [2.45, 2.75) is 23.6 Å². The van der Waals surface area contributed by atoms with Gasteiger partial charge in [0.15, 0.2) is 5.13 Å². The van der Waals surface area contributed by atoms with E-state index in [0.29, 0.717) is 16.2 Å². The van der Waals surface area contributed by atoms with Crippen LogP contribution in [0.2, 0.25) is 0 Å². The summed E-state index contributed by atoms with van der Waals surface area (Å²) in [7, 11) is -2.85. The van der Waals surface area contributed by atoms with E-state index in [1.54, 1.807) is 30.3 Å². The molecule has 0 aliphatic carbocycles. The maximum atomic E-state index is 13.4. The molecule has 2 amide bonds. The summed E-state index contributed by atoms with van der Waals surface area (Å²) in [5.41, 5.74) is 1.84. The minimum Gasteiger partial charge on any atom is -0.497 e. The third kappa shape index (κ3) is 4.38. The number of aromatic nitrogens is 1. The number of rotatable bonds is 6. The van der Waals surface area contributed by atoms with Crippen molar-refractivity contribution >= 4 is 38.3 Å². The van der Waals surface area contributed by atoms with E-state index in [-0.39, 0.29) is 22.3 Å². The molecule has 1 aliphatic heterocycles. The third-order valence-corrected chi connectivity index (χ3v) is 8.03. The summed E-state index contributed by atoms with van der Waals surface area (Å²) in [6, 6.07) is 12.2. The Kier molecular flexibility index (Phi) is 6.63. The topological polar surface area (TPSA) is 158 Å². The number of nitrogens with zero attached hydrogens (tertiary/aromatic N) is 2. The molecule has 2 heterocycles. The number of hydroxylamine groups is 1. The van der Waals surface area contributed by atoms with Crippen molar-refractivity contribution in [3.05, 3.63) is 70.7 Å². The average molecular weight is 505 g/mol. The number of carbonyl (C=O) groups is 2. The number of hydrogen-bond donors (Lipinski definition) is 4. The summed E-state index contributed by atoms with van der Waals surface area (Å²) in [5, 5.41) is 22.8. The number of anilines is 1. The number of aliphatic hydroxyl groups excluding tert-OH is 1. The molecule has 2 aromatic carbocycles. The molecule has 1 aromatic heterocycles. The van der Waals surface area contributed by atoms with E-state index in [2.05, 4.69) is 10.3 Å². The van der Waals surface area contributed by atoms with Crippen LogP contribution in [0.3, 0.4) is 0 Å². The quantitative estimate of drug-likeness (QED) is 0.291. The number of methoxy groups -OCH3 is 1. The minimum absolute atomic E-state index is 0.0446. The Hall–Kier alpha value is -3.36. The van der Waals surface area contributed by atoms with Crippen LogP contribution in [0, 0.1) is 0 Å². The van der Waals surface area contributed by atoms with Crippen molar-refractivity contribution in [2.24, 2.45) is 0 Å². The van der Waals surface area contributed by atoms with Crippen LogP contribution in [0.4, 0.5) is 5.13 Å². The van der Waals surface area contributed by atoms with Crippen LogP contribution in [0.15, 0.2) is 59.5 Å². The van der Waals surface area contributed by atoms with Crippen molar-refractivity contribution < 1.29 is 33.1 Å². The van der Waals surface area contributed by atoms with Crippen LogP contribution < -0.4 is 15.5 Å². The van der Waals surface area contributed by atoms with Crippen molar-refractivity contribution in [3.8, 4) is 5.75 Å². The SMILES string of the molecule is COc1ccc(S(=O)(=O)N2Cc3sc(NC(=O)c4ccccc4)nc3C(O)C2C(=O)NO)cc1. The summed E-state index contributed by atoms with van der Waals surface area (Å²) in [4.78, 5) is 29.3. The molecule has 178 valence electrons. The number of thiazole rings is 1. The Bertz CT molecular complexity index is 1310. The van der Waals surface area contributed by atoms with Crippen LogP contribution >= 0.6 is 11.3 Å². The molecule has 0 spiro atoms. The smallest absolute Gasteiger partial charge is 0.264 e. The van der Waals surface area contributed by atoms with Crippen LogP contribution in [-0.4, -0.2) is 53.0 Å². The molecule has 0 fully saturated rings. The lowest BCUT2D eigenvalue weighted by molar-refractivity contribution is -0.137. The fraction of sp³-hybridized carbons (Fsp3) is 0.190. The highest BCUT2D eigenvalue weighted by atomic mass is 32.2. The van der Waals surface area contributed by atoms with Gasteiger partial charge in [0.25, 0.3) is 11.8 Å². The first-order valence-corrected chi connectivity index (χ1v) is 12.2. The lowest BCUT2D eigenvalue weighted by Crippen LogP contribution is -2.53. The number of aliphatic hydroxyl groups is 1. The summed E-state index contributed by atoms with van der Waals surface area (Å²) in [5.74, 6) is -1.13. The van der Waals surface area contributed by atoms with Gasteiger partial charge in [0.05, 0.1) is 24.2 Å². The number of sulfonamides is 1. The second-order valence-electron chi connectivity index (χ2n) is 7.24. The molecule has 0 saturated carbocycles. The molecule has 0 radical (unpaired) electrons. The van der Waals surface area contributed by atoms with E-state index < -0.39 is 34.0 Å². The Morgan fingerprint density at radius 1 is 1.15 bits per heavy atom. The lowest BCUT2D eigenvalue weighted by Gasteiger charge is -2.35. The molecule has 13 heteroatoms. The molecule has 1 aliphatic rings. The van der Waals surface area contributed by atoms with Crippen LogP contribution in [0.1, 0.15) is 27.0 Å². The Morgan fingerprint density at radius 2 is 1.82 bits per heavy atom. The Balaban J connectivity index is 1.69. The van der Waals surface area contributed by atoms with Gasteiger partial charge in [-0.25, -0.2) is 18.9 Å². The van der Waals surface area contributed by atoms with Crippen LogP contribution in [0.5, 0.6) is 5.75 Å². The second-order valence-corrected chi connectivity index (χ2v) is 10.2. The van der Waals surface area contributed by atoms with Crippen molar-refractivity contribution in [1.82, 2.24) is 14.8 Å². The maximum Gasteiger partial charge on any atom is 0.264 e. The molecule has 34 heavy (non-hydrogen) atoms. The molecule has 0 saturated heterocycles. The first-order valence-electron chi connectivity index (χ1n) is 9.90. The summed E-state index contributed by atoms with van der Waals surface area (Å²) in [6.07, 6.45) is -1.69. The van der Waals surface area contributed by atoms with Crippen LogP contribution in [0.25, 0.3) is 0 Å². The normalized spacial score (nSPS) is 18.1. The van der Waals surface area contributed by atoms with Gasteiger partial charge in [0.1, 0.15) is 17.9 Å². The molecule has 2 atom stereocenters. The van der Waals surface area contributed by atoms with Crippen LogP contribution in [-0.2, 0) is 21.4 Å². The zero-order valence-corrected chi connectivity index (χ0v) is 19.3. The fourth-order valence-corrected chi connectivity index (χ4v) is 6.16. The maximum absolute atomic E-state index is 13.4. The predicted octanol–water partition coefficient (Wildman–Crippen LogP) is 1.52. The fourth-order valence-electron chi connectivity index (χ4n) is 3.52. The molecule has 2 unspecified atom stereocenters. The van der Waals surface area contributed by atoms with E-state index in [4.69, 9.17) is 4.74 Å². The number of nitrogens with one attached hydrogen (secondary N) is 2. The van der Waals surface area contributed by atoms with Gasteiger partial charge in [-0.05, 0) is 36.4 Å². The van der Waals surface area contributed by atoms with E-state index in [9.17, 15) is 28.3 Å². The third-order valence-electron chi connectivity index (χ3n) is 5.22. The summed E-state index contributed by atoms with van der Waals surface area (Å²) < 4.78 is 32.6. The minimum atomic E-state index is -4.29. The first-order chi connectivity index (χ1) is 16.3. The van der Waals surface area contributed by atoms with Gasteiger partial charge in [0.2, 0.25) is 10.0 Å². The lowest BCUT2D eigenvalue weighted by atomic mass is 10.0. The van der Waals surface area contributed by atoms with Gasteiger partial charge in [-0.15, -0.1) is 0 Å². The van der Waals surface area contributed by atoms with E-state index >= 15 is 0 Å². The van der Waals surface area contributed by atoms with Gasteiger partial charge < -0.3 is 9.84 Å². The molecule has 11 nitrogen and oxygen atoms in total. The van der Waals surface area contributed by atoms with Gasteiger partial charge >= 0.3 is 0 Å². The highest BCUT2D eigenvalue weighted by Crippen LogP contribution is 2.39. The summed E-state index contributed by atoms with van der Waals surface area (Å²) in [6.45, 7) is -0.308. The molecule has 3 aromatic rings. The largest absolute Gasteiger partial charge is 0.497 e. The Morgan fingerprint density at radius 3 is 2.44 bits per heavy atom. The van der Waals surface area contributed by atoms with Gasteiger partial charge in [-0.3, -0.25) is 20.1 Å². The van der Waals surface area contributed by atoms with Gasteiger partial charge in [0, 0.05) is 10.4 Å². The van der Waals surface area contributed by atoms with Gasteiger partial charge in [-0.1, -0.05) is 29.5 Å². The average Bonchev–Trinajstić information content (AvgIpc) is 3.27. The highest BCUT2D eigenvalue weighted by Gasteiger charge is 2.47. The van der Waals surface area contributed by atoms with Gasteiger partial charge in [-0.2, -0.15) is 4.31 Å². The zero-order valence-electron chi connectivity index (χ0n) is 17.7. The Labute approximate surface area is 198 Å². The molecular weight excluding hydrogens is 484 g/mol. The number of hydrogen-bond acceptors (Lipinski definition) is 9. The molecule has 4 N–H and O–H groups in total. The first kappa shape index (κ1) is 23.8. The number of fused-ring (bicyclic) bond motifs is 1. The number of benzene rings is 2. The summed E-state index contributed by atoms with van der Waals surface area (Å²) >= 11 is 0.981. The number of carbonyl (C=O) groups excluding carboxylic acids is 2. The van der Waals surface area contributed by atoms with E-state index in [1.165, 1.54) is 36.9 Å². The second kappa shape index (κ2) is 9.48. The standard InChI is InChI=1S/C21H20N4O7S2/c1-32-13-7-9-14(10-8-13)34(30,31)25-11-15-16(18(26)17(25)20(28)24-29)22-21(33-15)23-19(27)12-5-3-2-4-6-12/h2-10,17-18,26,29H,11H2,1H3,(H,24,28)(H,22,23,27). The van der Waals surface area contributed by atoms with Crippen molar-refractivity contribution in [2.75, 3.05) is 12.4 Å². The number of amides is 2. The van der Waals surface area contributed by atoms with Crippen molar-refractivity contribution in [3.63, 3.8) is 0 Å². The number of ether oxygens (including phenoxy) is 1. The molecule has 0 bridgehead atoms. The van der Waals surface area contributed by atoms with E-state index in [1.807, 2.05) is 0 Å². The molecule has 4 rings (SSSR count). The monoisotopic (exact) mass is 504 g/mol.